The van der Waals surface area contributed by atoms with E-state index in [1.807, 2.05) is 12.1 Å². The molecule has 122 valence electrons. The van der Waals surface area contributed by atoms with Crippen LogP contribution in [0.5, 0.6) is 23.0 Å². The van der Waals surface area contributed by atoms with Crippen LogP contribution >= 0.6 is 0 Å². The van der Waals surface area contributed by atoms with Gasteiger partial charge >= 0.3 is 0 Å². The quantitative estimate of drug-likeness (QED) is 0.850. The van der Waals surface area contributed by atoms with Gasteiger partial charge in [0.15, 0.2) is 29.6 Å². The summed E-state index contributed by atoms with van der Waals surface area (Å²) in [5, 5.41) is 2.74. The van der Waals surface area contributed by atoms with Crippen molar-refractivity contribution in [2.45, 2.75) is 0 Å². The van der Waals surface area contributed by atoms with Crippen LogP contribution in [0.4, 0.5) is 5.69 Å². The lowest BCUT2D eigenvalue weighted by atomic mass is 10.2. The Kier molecular flexibility index (Phi) is 5.68. The Balaban J connectivity index is 1.97. The average molecular weight is 317 g/mol. The van der Waals surface area contributed by atoms with Crippen LogP contribution in [0, 0.1) is 0 Å². The molecule has 23 heavy (non-hydrogen) atoms. The molecule has 6 nitrogen and oxygen atoms in total. The number of rotatable bonds is 7. The Morgan fingerprint density at radius 2 is 1.48 bits per heavy atom. The third-order valence-electron chi connectivity index (χ3n) is 3.10. The van der Waals surface area contributed by atoms with E-state index in [-0.39, 0.29) is 12.5 Å². The maximum Gasteiger partial charge on any atom is 0.262 e. The highest BCUT2D eigenvalue weighted by molar-refractivity contribution is 5.92. The molecule has 0 bridgehead atoms. The molecule has 0 atom stereocenters. The minimum absolute atomic E-state index is 0.130. The average Bonchev–Trinajstić information content (AvgIpc) is 2.60. The van der Waals surface area contributed by atoms with Crippen molar-refractivity contribution in [2.75, 3.05) is 33.3 Å². The van der Waals surface area contributed by atoms with Gasteiger partial charge in [-0.1, -0.05) is 12.1 Å². The number of benzene rings is 2. The Hall–Kier alpha value is -2.89. The second-order valence-corrected chi connectivity index (χ2v) is 4.56. The van der Waals surface area contributed by atoms with Gasteiger partial charge in [-0.15, -0.1) is 0 Å². The molecule has 0 radical (unpaired) electrons. The normalized spacial score (nSPS) is 9.87. The number of amides is 1. The van der Waals surface area contributed by atoms with Crippen LogP contribution in [0.25, 0.3) is 0 Å². The SMILES string of the molecule is COc1ccc(NC(=O)COc2ccccc2OC)cc1OC. The number of para-hydroxylation sites is 2. The van der Waals surface area contributed by atoms with Gasteiger partial charge in [-0.2, -0.15) is 0 Å². The molecule has 2 rings (SSSR count). The fourth-order valence-electron chi connectivity index (χ4n) is 1.99. The summed E-state index contributed by atoms with van der Waals surface area (Å²) >= 11 is 0. The van der Waals surface area contributed by atoms with Crippen LogP contribution in [-0.2, 0) is 4.79 Å². The Labute approximate surface area is 134 Å². The van der Waals surface area contributed by atoms with Crippen molar-refractivity contribution in [1.29, 1.82) is 0 Å². The van der Waals surface area contributed by atoms with Crippen LogP contribution < -0.4 is 24.3 Å². The summed E-state index contributed by atoms with van der Waals surface area (Å²) in [4.78, 5) is 12.0. The Morgan fingerprint density at radius 3 is 2.13 bits per heavy atom. The van der Waals surface area contributed by atoms with Crippen LogP contribution in [0.1, 0.15) is 0 Å². The number of hydrogen-bond acceptors (Lipinski definition) is 5. The van der Waals surface area contributed by atoms with E-state index in [0.717, 1.165) is 0 Å². The van der Waals surface area contributed by atoms with Gasteiger partial charge in [0, 0.05) is 11.8 Å². The molecule has 0 aliphatic rings. The largest absolute Gasteiger partial charge is 0.493 e. The first-order valence-corrected chi connectivity index (χ1v) is 6.95. The van der Waals surface area contributed by atoms with Crippen molar-refractivity contribution in [2.24, 2.45) is 0 Å². The number of anilines is 1. The molecule has 0 fully saturated rings. The molecule has 0 unspecified atom stereocenters. The van der Waals surface area contributed by atoms with Gasteiger partial charge in [-0.3, -0.25) is 4.79 Å². The number of nitrogens with one attached hydrogen (secondary N) is 1. The maximum atomic E-state index is 12.0. The topological polar surface area (TPSA) is 66.0 Å². The fourth-order valence-corrected chi connectivity index (χ4v) is 1.99. The summed E-state index contributed by atoms with van der Waals surface area (Å²) in [6, 6.07) is 12.3. The second kappa shape index (κ2) is 7.93. The van der Waals surface area contributed by atoms with E-state index in [1.165, 1.54) is 7.11 Å². The molecule has 1 amide bonds. The lowest BCUT2D eigenvalue weighted by Gasteiger charge is -2.12. The summed E-state index contributed by atoms with van der Waals surface area (Å²) < 4.78 is 21.0. The van der Waals surface area contributed by atoms with Gasteiger partial charge in [0.25, 0.3) is 5.91 Å². The zero-order valence-electron chi connectivity index (χ0n) is 13.3. The minimum atomic E-state index is -0.289. The summed E-state index contributed by atoms with van der Waals surface area (Å²) in [6.45, 7) is -0.130. The van der Waals surface area contributed by atoms with E-state index >= 15 is 0 Å². The molecule has 1 N–H and O–H groups in total. The van der Waals surface area contributed by atoms with Crippen LogP contribution in [-0.4, -0.2) is 33.8 Å². The summed E-state index contributed by atoms with van der Waals surface area (Å²) in [7, 11) is 4.64. The fraction of sp³-hybridized carbons (Fsp3) is 0.235. The van der Waals surface area contributed by atoms with E-state index in [0.29, 0.717) is 28.7 Å². The molecule has 0 spiro atoms. The molecule has 0 aliphatic carbocycles. The Morgan fingerprint density at radius 1 is 0.870 bits per heavy atom. The zero-order valence-corrected chi connectivity index (χ0v) is 13.3. The molecule has 2 aromatic carbocycles. The van der Waals surface area contributed by atoms with Crippen molar-refractivity contribution in [3.63, 3.8) is 0 Å². The first-order valence-electron chi connectivity index (χ1n) is 6.95. The van der Waals surface area contributed by atoms with Crippen LogP contribution in [0.15, 0.2) is 42.5 Å². The molecule has 0 heterocycles. The number of ether oxygens (including phenoxy) is 4. The van der Waals surface area contributed by atoms with Crippen molar-refractivity contribution in [3.05, 3.63) is 42.5 Å². The first kappa shape index (κ1) is 16.5. The van der Waals surface area contributed by atoms with E-state index < -0.39 is 0 Å². The van der Waals surface area contributed by atoms with Gasteiger partial charge in [-0.05, 0) is 24.3 Å². The first-order chi connectivity index (χ1) is 11.2. The Bertz CT molecular complexity index is 672. The molecule has 0 aliphatic heterocycles. The van der Waals surface area contributed by atoms with Crippen molar-refractivity contribution in [1.82, 2.24) is 0 Å². The number of carbonyl (C=O) groups excluding carboxylic acids is 1. The monoisotopic (exact) mass is 317 g/mol. The molecular weight excluding hydrogens is 298 g/mol. The van der Waals surface area contributed by atoms with E-state index in [9.17, 15) is 4.79 Å². The van der Waals surface area contributed by atoms with Crippen LogP contribution in [0.3, 0.4) is 0 Å². The molecule has 0 aromatic heterocycles. The lowest BCUT2D eigenvalue weighted by molar-refractivity contribution is -0.118. The van der Waals surface area contributed by atoms with Gasteiger partial charge < -0.3 is 24.3 Å². The highest BCUT2D eigenvalue weighted by Gasteiger charge is 2.09. The smallest absolute Gasteiger partial charge is 0.262 e. The lowest BCUT2D eigenvalue weighted by Crippen LogP contribution is -2.20. The molecule has 2 aromatic rings. The molecule has 0 saturated carbocycles. The molecule has 6 heteroatoms. The minimum Gasteiger partial charge on any atom is -0.493 e. The number of methoxy groups -OCH3 is 3. The van der Waals surface area contributed by atoms with Gasteiger partial charge in [-0.25, -0.2) is 0 Å². The van der Waals surface area contributed by atoms with E-state index in [1.54, 1.807) is 44.6 Å². The van der Waals surface area contributed by atoms with Gasteiger partial charge in [0.05, 0.1) is 21.3 Å². The van der Waals surface area contributed by atoms with Crippen molar-refractivity contribution >= 4 is 11.6 Å². The third-order valence-corrected chi connectivity index (χ3v) is 3.10. The third kappa shape index (κ3) is 4.29. The second-order valence-electron chi connectivity index (χ2n) is 4.56. The molecular formula is C17H19NO5. The highest BCUT2D eigenvalue weighted by Crippen LogP contribution is 2.30. The van der Waals surface area contributed by atoms with Crippen LogP contribution in [0.2, 0.25) is 0 Å². The number of carbonyl (C=O) groups is 1. The summed E-state index contributed by atoms with van der Waals surface area (Å²) in [5.74, 6) is 1.93. The predicted octanol–water partition coefficient (Wildman–Crippen LogP) is 2.73. The summed E-state index contributed by atoms with van der Waals surface area (Å²) in [6.07, 6.45) is 0. The van der Waals surface area contributed by atoms with Crippen molar-refractivity contribution in [3.8, 4) is 23.0 Å². The highest BCUT2D eigenvalue weighted by atomic mass is 16.5. The molecule has 0 saturated heterocycles. The van der Waals surface area contributed by atoms with Gasteiger partial charge in [0.2, 0.25) is 0 Å². The standard InChI is InChI=1S/C17H19NO5/c1-20-13-6-4-5-7-15(13)23-11-17(19)18-12-8-9-14(21-2)16(10-12)22-3/h4-10H,11H2,1-3H3,(H,18,19). The van der Waals surface area contributed by atoms with E-state index in [2.05, 4.69) is 5.32 Å². The summed E-state index contributed by atoms with van der Waals surface area (Å²) in [5.41, 5.74) is 0.594. The maximum absolute atomic E-state index is 12.0. The van der Waals surface area contributed by atoms with Crippen molar-refractivity contribution < 1.29 is 23.7 Å². The predicted molar refractivity (Wildman–Crippen MR) is 86.7 cm³/mol. The van der Waals surface area contributed by atoms with E-state index in [4.69, 9.17) is 18.9 Å². The zero-order chi connectivity index (χ0) is 16.7. The number of hydrogen-bond donors (Lipinski definition) is 1. The van der Waals surface area contributed by atoms with Gasteiger partial charge in [0.1, 0.15) is 0 Å².